The third-order valence-corrected chi connectivity index (χ3v) is 3.55. The molecule has 0 aromatic heterocycles. The van der Waals surface area contributed by atoms with Crippen molar-refractivity contribution in [3.63, 3.8) is 0 Å². The summed E-state index contributed by atoms with van der Waals surface area (Å²) in [4.78, 5) is 14.3. The van der Waals surface area contributed by atoms with Crippen LogP contribution in [-0.4, -0.2) is 50.3 Å². The SMILES string of the molecule is CC(C)(C)C(=O)Nc1cccc(OCCN2CCOCC2)c1. The highest BCUT2D eigenvalue weighted by atomic mass is 16.5. The third kappa shape index (κ3) is 5.31. The molecule has 22 heavy (non-hydrogen) atoms. The van der Waals surface area contributed by atoms with Gasteiger partial charge in [-0.1, -0.05) is 26.8 Å². The minimum absolute atomic E-state index is 0.00188. The fraction of sp³-hybridized carbons (Fsp3) is 0.588. The molecule has 1 aromatic carbocycles. The molecule has 5 heteroatoms. The Labute approximate surface area is 132 Å². The molecule has 0 unspecified atom stereocenters. The molecular formula is C17H26N2O3. The van der Waals surface area contributed by atoms with Crippen LogP contribution in [0.1, 0.15) is 20.8 Å². The smallest absolute Gasteiger partial charge is 0.229 e. The Kier molecular flexibility index (Phi) is 5.80. The van der Waals surface area contributed by atoms with Crippen LogP contribution >= 0.6 is 0 Å². The first-order valence-corrected chi connectivity index (χ1v) is 7.79. The van der Waals surface area contributed by atoms with E-state index in [0.717, 1.165) is 44.3 Å². The van der Waals surface area contributed by atoms with Crippen molar-refractivity contribution in [2.24, 2.45) is 5.41 Å². The molecule has 0 saturated carbocycles. The molecule has 1 saturated heterocycles. The van der Waals surface area contributed by atoms with Crippen LogP contribution in [0.3, 0.4) is 0 Å². The van der Waals surface area contributed by atoms with Crippen molar-refractivity contribution in [1.29, 1.82) is 0 Å². The van der Waals surface area contributed by atoms with Gasteiger partial charge in [0.2, 0.25) is 5.91 Å². The number of carbonyl (C=O) groups is 1. The van der Waals surface area contributed by atoms with Crippen LogP contribution in [0.2, 0.25) is 0 Å². The number of amides is 1. The van der Waals surface area contributed by atoms with Gasteiger partial charge in [-0.15, -0.1) is 0 Å². The molecule has 0 atom stereocenters. The highest BCUT2D eigenvalue weighted by Crippen LogP contribution is 2.21. The van der Waals surface area contributed by atoms with Gasteiger partial charge >= 0.3 is 0 Å². The van der Waals surface area contributed by atoms with Crippen LogP contribution in [0.15, 0.2) is 24.3 Å². The van der Waals surface area contributed by atoms with Crippen molar-refractivity contribution in [1.82, 2.24) is 4.90 Å². The van der Waals surface area contributed by atoms with Gasteiger partial charge in [0.1, 0.15) is 12.4 Å². The summed E-state index contributed by atoms with van der Waals surface area (Å²) in [6.45, 7) is 10.7. The summed E-state index contributed by atoms with van der Waals surface area (Å²) in [5, 5.41) is 2.92. The number of anilines is 1. The molecule has 5 nitrogen and oxygen atoms in total. The molecule has 0 bridgehead atoms. The van der Waals surface area contributed by atoms with Crippen molar-refractivity contribution in [3.8, 4) is 5.75 Å². The van der Waals surface area contributed by atoms with Crippen molar-refractivity contribution in [2.45, 2.75) is 20.8 Å². The van der Waals surface area contributed by atoms with Gasteiger partial charge < -0.3 is 14.8 Å². The summed E-state index contributed by atoms with van der Waals surface area (Å²) in [5.41, 5.74) is 0.358. The van der Waals surface area contributed by atoms with Gasteiger partial charge in [0.05, 0.1) is 13.2 Å². The first kappa shape index (κ1) is 16.8. The summed E-state index contributed by atoms with van der Waals surface area (Å²) < 4.78 is 11.1. The maximum atomic E-state index is 12.0. The second-order valence-corrected chi connectivity index (χ2v) is 6.53. The van der Waals surface area contributed by atoms with Gasteiger partial charge in [-0.3, -0.25) is 9.69 Å². The number of carbonyl (C=O) groups excluding carboxylic acids is 1. The van der Waals surface area contributed by atoms with Gasteiger partial charge in [0, 0.05) is 36.8 Å². The Hall–Kier alpha value is -1.59. The standard InChI is InChI=1S/C17H26N2O3/c1-17(2,3)16(20)18-14-5-4-6-15(13-14)22-12-9-19-7-10-21-11-8-19/h4-6,13H,7-12H2,1-3H3,(H,18,20). The maximum Gasteiger partial charge on any atom is 0.229 e. The van der Waals surface area contributed by atoms with E-state index in [-0.39, 0.29) is 5.91 Å². The van der Waals surface area contributed by atoms with Crippen LogP contribution in [-0.2, 0) is 9.53 Å². The summed E-state index contributed by atoms with van der Waals surface area (Å²) in [7, 11) is 0. The van der Waals surface area contributed by atoms with Crippen LogP contribution in [0.25, 0.3) is 0 Å². The first-order chi connectivity index (χ1) is 10.4. The fourth-order valence-electron chi connectivity index (χ4n) is 2.10. The summed E-state index contributed by atoms with van der Waals surface area (Å²) in [5.74, 6) is 0.776. The molecule has 1 amide bonds. The topological polar surface area (TPSA) is 50.8 Å². The van der Waals surface area contributed by atoms with E-state index in [0.29, 0.717) is 6.61 Å². The van der Waals surface area contributed by atoms with E-state index in [9.17, 15) is 4.79 Å². The van der Waals surface area contributed by atoms with Crippen molar-refractivity contribution < 1.29 is 14.3 Å². The number of benzene rings is 1. The van der Waals surface area contributed by atoms with Gasteiger partial charge in [-0.05, 0) is 12.1 Å². The van der Waals surface area contributed by atoms with Crippen molar-refractivity contribution >= 4 is 11.6 Å². The lowest BCUT2D eigenvalue weighted by atomic mass is 9.95. The average molecular weight is 306 g/mol. The normalized spacial score (nSPS) is 16.3. The molecule has 1 aliphatic heterocycles. The lowest BCUT2D eigenvalue weighted by molar-refractivity contribution is -0.123. The predicted molar refractivity (Wildman–Crippen MR) is 87.3 cm³/mol. The van der Waals surface area contributed by atoms with E-state index >= 15 is 0 Å². The van der Waals surface area contributed by atoms with Gasteiger partial charge in [0.15, 0.2) is 0 Å². The Morgan fingerprint density at radius 1 is 1.32 bits per heavy atom. The lowest BCUT2D eigenvalue weighted by Crippen LogP contribution is -2.38. The van der Waals surface area contributed by atoms with E-state index < -0.39 is 5.41 Å². The second-order valence-electron chi connectivity index (χ2n) is 6.53. The van der Waals surface area contributed by atoms with E-state index in [2.05, 4.69) is 10.2 Å². The third-order valence-electron chi connectivity index (χ3n) is 3.55. The maximum absolute atomic E-state index is 12.0. The zero-order valence-corrected chi connectivity index (χ0v) is 13.7. The van der Waals surface area contributed by atoms with Crippen LogP contribution in [0.4, 0.5) is 5.69 Å². The largest absolute Gasteiger partial charge is 0.492 e. The zero-order chi connectivity index (χ0) is 16.0. The van der Waals surface area contributed by atoms with Crippen molar-refractivity contribution in [2.75, 3.05) is 44.8 Å². The van der Waals surface area contributed by atoms with Crippen LogP contribution < -0.4 is 10.1 Å². The Morgan fingerprint density at radius 3 is 2.73 bits per heavy atom. The highest BCUT2D eigenvalue weighted by molar-refractivity contribution is 5.94. The van der Waals surface area contributed by atoms with Crippen LogP contribution in [0.5, 0.6) is 5.75 Å². The molecule has 122 valence electrons. The highest BCUT2D eigenvalue weighted by Gasteiger charge is 2.21. The second kappa shape index (κ2) is 7.61. The monoisotopic (exact) mass is 306 g/mol. The van der Waals surface area contributed by atoms with Crippen LogP contribution in [0, 0.1) is 5.41 Å². The van der Waals surface area contributed by atoms with Gasteiger partial charge in [-0.2, -0.15) is 0 Å². The number of morpholine rings is 1. The number of nitrogens with one attached hydrogen (secondary N) is 1. The summed E-state index contributed by atoms with van der Waals surface area (Å²) in [6.07, 6.45) is 0. The average Bonchev–Trinajstić information content (AvgIpc) is 2.48. The first-order valence-electron chi connectivity index (χ1n) is 7.79. The molecule has 1 aromatic rings. The van der Waals surface area contributed by atoms with E-state index in [4.69, 9.17) is 9.47 Å². The van der Waals surface area contributed by atoms with E-state index in [1.54, 1.807) is 0 Å². The number of hydrogen-bond acceptors (Lipinski definition) is 4. The van der Waals surface area contributed by atoms with Gasteiger partial charge in [-0.25, -0.2) is 0 Å². The molecule has 1 fully saturated rings. The minimum atomic E-state index is -0.410. The number of ether oxygens (including phenoxy) is 2. The quantitative estimate of drug-likeness (QED) is 0.907. The molecular weight excluding hydrogens is 280 g/mol. The minimum Gasteiger partial charge on any atom is -0.492 e. The van der Waals surface area contributed by atoms with E-state index in [1.165, 1.54) is 0 Å². The summed E-state index contributed by atoms with van der Waals surface area (Å²) >= 11 is 0. The lowest BCUT2D eigenvalue weighted by Gasteiger charge is -2.26. The molecule has 0 aliphatic carbocycles. The molecule has 1 aliphatic rings. The fourth-order valence-corrected chi connectivity index (χ4v) is 2.10. The molecule has 0 radical (unpaired) electrons. The molecule has 1 heterocycles. The predicted octanol–water partition coefficient (Wildman–Crippen LogP) is 2.38. The summed E-state index contributed by atoms with van der Waals surface area (Å²) in [6, 6.07) is 7.54. The van der Waals surface area contributed by atoms with E-state index in [1.807, 2.05) is 45.0 Å². The van der Waals surface area contributed by atoms with Crippen molar-refractivity contribution in [3.05, 3.63) is 24.3 Å². The molecule has 1 N–H and O–H groups in total. The Balaban J connectivity index is 1.82. The number of hydrogen-bond donors (Lipinski definition) is 1. The number of nitrogens with zero attached hydrogens (tertiary/aromatic N) is 1. The Morgan fingerprint density at radius 2 is 2.05 bits per heavy atom. The zero-order valence-electron chi connectivity index (χ0n) is 13.7. The number of rotatable bonds is 5. The molecule has 0 spiro atoms. The molecule has 2 rings (SSSR count). The van der Waals surface area contributed by atoms with Gasteiger partial charge in [0.25, 0.3) is 0 Å². The Bertz CT molecular complexity index is 491.